The van der Waals surface area contributed by atoms with E-state index in [1.807, 2.05) is 54.7 Å². The molecule has 1 saturated heterocycles. The van der Waals surface area contributed by atoms with Crippen LogP contribution >= 0.6 is 11.6 Å². The Kier molecular flexibility index (Phi) is 5.17. The van der Waals surface area contributed by atoms with Crippen LogP contribution in [0.4, 0.5) is 0 Å². The van der Waals surface area contributed by atoms with Crippen LogP contribution in [0, 0.1) is 0 Å². The van der Waals surface area contributed by atoms with Crippen LogP contribution in [0.5, 0.6) is 0 Å². The van der Waals surface area contributed by atoms with Gasteiger partial charge in [0.25, 0.3) is 0 Å². The number of carbonyl (C=O) groups is 1. The topological polar surface area (TPSA) is 64.9 Å². The average Bonchev–Trinajstić information content (AvgIpc) is 3.27. The highest BCUT2D eigenvalue weighted by atomic mass is 35.5. The Morgan fingerprint density at radius 1 is 1.21 bits per heavy atom. The zero-order valence-corrected chi connectivity index (χ0v) is 16.1. The molecule has 2 aromatic carbocycles. The molecule has 6 nitrogen and oxygen atoms in total. The van der Waals surface area contributed by atoms with Crippen LogP contribution < -0.4 is 5.43 Å². The molecule has 3 aromatic rings. The zero-order valence-electron chi connectivity index (χ0n) is 15.4. The second-order valence-electron chi connectivity index (χ2n) is 6.75. The van der Waals surface area contributed by atoms with Gasteiger partial charge in [-0.05, 0) is 37.3 Å². The smallest absolute Gasteiger partial charge is 0.245 e. The fourth-order valence-electron chi connectivity index (χ4n) is 3.29. The Hall–Kier alpha value is -2.67. The highest BCUT2D eigenvalue weighted by Gasteiger charge is 2.33. The maximum Gasteiger partial charge on any atom is 0.245 e. The van der Waals surface area contributed by atoms with Crippen LogP contribution in [-0.2, 0) is 14.3 Å². The fourth-order valence-corrected chi connectivity index (χ4v) is 3.41. The van der Waals surface area contributed by atoms with Crippen molar-refractivity contribution in [1.82, 2.24) is 9.99 Å². The average molecular weight is 398 g/mol. The van der Waals surface area contributed by atoms with Gasteiger partial charge >= 0.3 is 0 Å². The second kappa shape index (κ2) is 7.75. The monoisotopic (exact) mass is 397 g/mol. The Morgan fingerprint density at radius 2 is 1.93 bits per heavy atom. The number of para-hydroxylation sites is 1. The van der Waals surface area contributed by atoms with Crippen LogP contribution in [0.1, 0.15) is 18.9 Å². The van der Waals surface area contributed by atoms with Gasteiger partial charge in [-0.25, -0.2) is 5.43 Å². The lowest BCUT2D eigenvalue weighted by Crippen LogP contribution is -2.33. The first kappa shape index (κ1) is 18.7. The number of amides is 1. The third-order valence-electron chi connectivity index (χ3n) is 4.62. The summed E-state index contributed by atoms with van der Waals surface area (Å²) in [7, 11) is 0. The molecule has 0 aliphatic carbocycles. The van der Waals surface area contributed by atoms with Gasteiger partial charge in [0.2, 0.25) is 5.91 Å². The first-order chi connectivity index (χ1) is 13.5. The number of ether oxygens (including phenoxy) is 2. The Labute approximate surface area is 167 Å². The summed E-state index contributed by atoms with van der Waals surface area (Å²) in [4.78, 5) is 12.1. The summed E-state index contributed by atoms with van der Waals surface area (Å²) in [5.74, 6) is -1.13. The standard InChI is InChI=1S/C21H20ClN3O3/c1-21(27-10-11-28-21)12-20(26)24-23-13-15-14-25(17-8-6-16(22)7-9-17)19-5-3-2-4-18(15)19/h2-9,13-14H,10-12H2,1H3,(H,24,26)/b23-13-. The number of nitrogens with one attached hydrogen (secondary N) is 1. The van der Waals surface area contributed by atoms with Gasteiger partial charge in [-0.2, -0.15) is 5.10 Å². The molecule has 28 heavy (non-hydrogen) atoms. The van der Waals surface area contributed by atoms with Crippen molar-refractivity contribution in [3.05, 3.63) is 65.3 Å². The molecule has 1 amide bonds. The van der Waals surface area contributed by atoms with Crippen molar-refractivity contribution < 1.29 is 14.3 Å². The molecular weight excluding hydrogens is 378 g/mol. The molecule has 4 rings (SSSR count). The first-order valence-electron chi connectivity index (χ1n) is 9.00. The molecule has 1 aliphatic rings. The largest absolute Gasteiger partial charge is 0.347 e. The minimum Gasteiger partial charge on any atom is -0.347 e. The van der Waals surface area contributed by atoms with Crippen LogP contribution in [-0.4, -0.2) is 35.7 Å². The van der Waals surface area contributed by atoms with Crippen molar-refractivity contribution in [3.63, 3.8) is 0 Å². The van der Waals surface area contributed by atoms with Crippen molar-refractivity contribution in [2.45, 2.75) is 19.1 Å². The SMILES string of the molecule is CC1(CC(=O)N/N=C\c2cn(-c3ccc(Cl)cc3)c3ccccc23)OCCO1. The Balaban J connectivity index is 1.54. The van der Waals surface area contributed by atoms with Gasteiger partial charge in [-0.3, -0.25) is 4.79 Å². The van der Waals surface area contributed by atoms with E-state index in [1.54, 1.807) is 13.1 Å². The number of halogens is 1. The molecule has 0 spiro atoms. The molecule has 0 unspecified atom stereocenters. The molecule has 2 heterocycles. The predicted octanol–water partition coefficient (Wildman–Crippen LogP) is 3.89. The number of nitrogens with zero attached hydrogens (tertiary/aromatic N) is 2. The number of hydrogen-bond acceptors (Lipinski definition) is 4. The summed E-state index contributed by atoms with van der Waals surface area (Å²) in [6, 6.07) is 15.6. The summed E-state index contributed by atoms with van der Waals surface area (Å²) in [6.45, 7) is 2.75. The van der Waals surface area contributed by atoms with Crippen LogP contribution in [0.3, 0.4) is 0 Å². The number of benzene rings is 2. The van der Waals surface area contributed by atoms with Crippen LogP contribution in [0.25, 0.3) is 16.6 Å². The molecule has 1 fully saturated rings. The normalized spacial score (nSPS) is 16.1. The maximum atomic E-state index is 12.1. The van der Waals surface area contributed by atoms with Gasteiger partial charge < -0.3 is 14.0 Å². The molecule has 0 bridgehead atoms. The number of hydrazone groups is 1. The summed E-state index contributed by atoms with van der Waals surface area (Å²) in [5, 5.41) is 5.84. The van der Waals surface area contributed by atoms with E-state index in [4.69, 9.17) is 21.1 Å². The van der Waals surface area contributed by atoms with E-state index < -0.39 is 5.79 Å². The predicted molar refractivity (Wildman–Crippen MR) is 109 cm³/mol. The van der Waals surface area contributed by atoms with Crippen molar-refractivity contribution >= 4 is 34.6 Å². The lowest BCUT2D eigenvalue weighted by Gasteiger charge is -2.20. The quantitative estimate of drug-likeness (QED) is 0.524. The van der Waals surface area contributed by atoms with Gasteiger partial charge in [0.1, 0.15) is 0 Å². The van der Waals surface area contributed by atoms with E-state index in [-0.39, 0.29) is 12.3 Å². The minimum absolute atomic E-state index is 0.0941. The Bertz CT molecular complexity index is 1020. The first-order valence-corrected chi connectivity index (χ1v) is 9.38. The minimum atomic E-state index is -0.871. The third kappa shape index (κ3) is 3.94. The van der Waals surface area contributed by atoms with Crippen molar-refractivity contribution in [2.75, 3.05) is 13.2 Å². The fraction of sp³-hybridized carbons (Fsp3) is 0.238. The lowest BCUT2D eigenvalue weighted by atomic mass is 10.2. The van der Waals surface area contributed by atoms with Gasteiger partial charge in [0, 0.05) is 27.9 Å². The summed E-state index contributed by atoms with van der Waals surface area (Å²) < 4.78 is 13.0. The van der Waals surface area contributed by atoms with Gasteiger partial charge in [-0.1, -0.05) is 29.8 Å². The molecule has 0 atom stereocenters. The second-order valence-corrected chi connectivity index (χ2v) is 7.19. The van der Waals surface area contributed by atoms with Crippen molar-refractivity contribution in [1.29, 1.82) is 0 Å². The molecule has 1 aromatic heterocycles. The zero-order chi connectivity index (χ0) is 19.6. The van der Waals surface area contributed by atoms with Gasteiger partial charge in [-0.15, -0.1) is 0 Å². The summed E-state index contributed by atoms with van der Waals surface area (Å²) in [5.41, 5.74) is 5.48. The number of fused-ring (bicyclic) bond motifs is 1. The van der Waals surface area contributed by atoms with E-state index in [1.165, 1.54) is 0 Å². The molecule has 0 radical (unpaired) electrons. The van der Waals surface area contributed by atoms with E-state index in [0.717, 1.165) is 22.2 Å². The Morgan fingerprint density at radius 3 is 2.68 bits per heavy atom. The third-order valence-corrected chi connectivity index (χ3v) is 4.87. The summed E-state index contributed by atoms with van der Waals surface area (Å²) >= 11 is 6.00. The number of aromatic nitrogens is 1. The van der Waals surface area contributed by atoms with Gasteiger partial charge in [0.15, 0.2) is 5.79 Å². The van der Waals surface area contributed by atoms with Gasteiger partial charge in [0.05, 0.1) is 31.4 Å². The molecule has 1 aliphatic heterocycles. The molecule has 0 saturated carbocycles. The summed E-state index contributed by atoms with van der Waals surface area (Å²) in [6.07, 6.45) is 3.72. The lowest BCUT2D eigenvalue weighted by molar-refractivity contribution is -0.159. The number of rotatable bonds is 5. The molecule has 1 N–H and O–H groups in total. The number of hydrogen-bond donors (Lipinski definition) is 1. The highest BCUT2D eigenvalue weighted by Crippen LogP contribution is 2.25. The van der Waals surface area contributed by atoms with E-state index in [2.05, 4.69) is 15.1 Å². The molecule has 7 heteroatoms. The van der Waals surface area contributed by atoms with Crippen molar-refractivity contribution in [2.24, 2.45) is 5.10 Å². The van der Waals surface area contributed by atoms with E-state index in [9.17, 15) is 4.79 Å². The van der Waals surface area contributed by atoms with E-state index >= 15 is 0 Å². The highest BCUT2D eigenvalue weighted by molar-refractivity contribution is 6.30. The molecule has 144 valence electrons. The van der Waals surface area contributed by atoms with Crippen LogP contribution in [0.2, 0.25) is 5.02 Å². The maximum absolute atomic E-state index is 12.1. The molecular formula is C21H20ClN3O3. The number of carbonyl (C=O) groups excluding carboxylic acids is 1. The van der Waals surface area contributed by atoms with E-state index in [0.29, 0.717) is 18.2 Å². The van der Waals surface area contributed by atoms with Crippen molar-refractivity contribution in [3.8, 4) is 5.69 Å². The van der Waals surface area contributed by atoms with Crippen LogP contribution in [0.15, 0.2) is 59.8 Å².